The second-order valence-corrected chi connectivity index (χ2v) is 5.77. The monoisotopic (exact) mass is 271 g/mol. The Labute approximate surface area is 119 Å². The fraction of sp³-hybridized carbons (Fsp3) is 0.533. The molecule has 1 aliphatic rings. The van der Waals surface area contributed by atoms with Crippen molar-refractivity contribution in [3.05, 3.63) is 29.8 Å². The molecule has 0 amide bonds. The van der Waals surface area contributed by atoms with E-state index in [1.165, 1.54) is 6.42 Å². The fourth-order valence-electron chi connectivity index (χ4n) is 2.83. The van der Waals surface area contributed by atoms with Crippen LogP contribution in [0.25, 0.3) is 11.4 Å². The smallest absolute Gasteiger partial charge is 0.126 e. The Hall–Kier alpha value is -1.75. The van der Waals surface area contributed by atoms with Gasteiger partial charge < -0.3 is 4.90 Å². The van der Waals surface area contributed by atoms with Crippen molar-refractivity contribution in [1.29, 1.82) is 0 Å². The van der Waals surface area contributed by atoms with E-state index in [0.717, 1.165) is 36.0 Å². The highest BCUT2D eigenvalue weighted by Crippen LogP contribution is 2.28. The van der Waals surface area contributed by atoms with E-state index in [9.17, 15) is 0 Å². The van der Waals surface area contributed by atoms with Gasteiger partial charge in [-0.3, -0.25) is 5.10 Å². The third-order valence-corrected chi connectivity index (χ3v) is 4.00. The number of aromatic amines is 1. The summed E-state index contributed by atoms with van der Waals surface area (Å²) in [6.45, 7) is 8.72. The van der Waals surface area contributed by atoms with Crippen LogP contribution in [0.3, 0.4) is 0 Å². The van der Waals surface area contributed by atoms with Crippen LogP contribution in [-0.2, 0) is 0 Å². The fourth-order valence-corrected chi connectivity index (χ4v) is 2.83. The quantitative estimate of drug-likeness (QED) is 0.931. The molecule has 5 nitrogen and oxygen atoms in total. The molecule has 5 heteroatoms. The number of hydrogen-bond donors (Lipinski definition) is 1. The van der Waals surface area contributed by atoms with E-state index in [1.807, 2.05) is 13.0 Å². The zero-order valence-corrected chi connectivity index (χ0v) is 12.3. The average Bonchev–Trinajstić information content (AvgIpc) is 3.10. The molecular weight excluding hydrogens is 250 g/mol. The Morgan fingerprint density at radius 1 is 1.35 bits per heavy atom. The molecule has 0 unspecified atom stereocenters. The zero-order valence-electron chi connectivity index (χ0n) is 12.3. The van der Waals surface area contributed by atoms with Crippen LogP contribution in [0.2, 0.25) is 0 Å². The van der Waals surface area contributed by atoms with Gasteiger partial charge in [0.25, 0.3) is 0 Å². The predicted octanol–water partition coefficient (Wildman–Crippen LogP) is 2.37. The molecule has 0 bridgehead atoms. The lowest BCUT2D eigenvalue weighted by Gasteiger charge is -2.20. The van der Waals surface area contributed by atoms with Crippen LogP contribution in [0, 0.1) is 6.92 Å². The van der Waals surface area contributed by atoms with Gasteiger partial charge >= 0.3 is 0 Å². The summed E-state index contributed by atoms with van der Waals surface area (Å²) in [7, 11) is 0. The molecule has 1 aliphatic heterocycles. The van der Waals surface area contributed by atoms with Crippen LogP contribution < -0.4 is 0 Å². The van der Waals surface area contributed by atoms with Gasteiger partial charge in [-0.1, -0.05) is 0 Å². The van der Waals surface area contributed by atoms with Crippen molar-refractivity contribution >= 4 is 0 Å². The van der Waals surface area contributed by atoms with E-state index >= 15 is 0 Å². The lowest BCUT2D eigenvalue weighted by atomic mass is 10.0. The molecule has 3 rings (SSSR count). The summed E-state index contributed by atoms with van der Waals surface area (Å²) in [6.07, 6.45) is 2.93. The summed E-state index contributed by atoms with van der Waals surface area (Å²) in [6, 6.07) is 4.66. The standard InChI is InChI=1S/C15H21N5/c1-10(2)20-7-5-12(9-20)14-8-15(18-11(3)17-14)13-4-6-16-19-13/h4,6,8,10,12H,5,7,9H2,1-3H3,(H,16,19)/t12-/m0/s1. The van der Waals surface area contributed by atoms with Crippen molar-refractivity contribution in [3.8, 4) is 11.4 Å². The predicted molar refractivity (Wildman–Crippen MR) is 78.4 cm³/mol. The molecule has 2 aromatic rings. The van der Waals surface area contributed by atoms with Crippen molar-refractivity contribution in [1.82, 2.24) is 25.1 Å². The first-order valence-electron chi connectivity index (χ1n) is 7.23. The summed E-state index contributed by atoms with van der Waals surface area (Å²) in [4.78, 5) is 11.7. The van der Waals surface area contributed by atoms with E-state index < -0.39 is 0 Å². The van der Waals surface area contributed by atoms with Crippen molar-refractivity contribution < 1.29 is 0 Å². The largest absolute Gasteiger partial charge is 0.300 e. The van der Waals surface area contributed by atoms with Gasteiger partial charge in [0.05, 0.1) is 11.4 Å². The molecule has 2 aromatic heterocycles. The average molecular weight is 271 g/mol. The number of likely N-dealkylation sites (tertiary alicyclic amines) is 1. The van der Waals surface area contributed by atoms with Gasteiger partial charge in [-0.2, -0.15) is 5.10 Å². The minimum Gasteiger partial charge on any atom is -0.300 e. The Kier molecular flexibility index (Phi) is 3.53. The van der Waals surface area contributed by atoms with Crippen molar-refractivity contribution in [2.75, 3.05) is 13.1 Å². The Bertz CT molecular complexity index is 576. The highest BCUT2D eigenvalue weighted by molar-refractivity contribution is 5.53. The summed E-state index contributed by atoms with van der Waals surface area (Å²) in [5, 5.41) is 6.97. The van der Waals surface area contributed by atoms with E-state index in [-0.39, 0.29) is 0 Å². The van der Waals surface area contributed by atoms with Crippen LogP contribution in [0.5, 0.6) is 0 Å². The number of nitrogens with zero attached hydrogens (tertiary/aromatic N) is 4. The maximum absolute atomic E-state index is 4.65. The van der Waals surface area contributed by atoms with Gasteiger partial charge in [0, 0.05) is 30.4 Å². The summed E-state index contributed by atoms with van der Waals surface area (Å²) in [5.41, 5.74) is 3.05. The van der Waals surface area contributed by atoms with Crippen LogP contribution in [0.15, 0.2) is 18.3 Å². The first-order chi connectivity index (χ1) is 9.63. The first-order valence-corrected chi connectivity index (χ1v) is 7.23. The maximum Gasteiger partial charge on any atom is 0.126 e. The number of H-pyrrole nitrogens is 1. The third kappa shape index (κ3) is 2.58. The molecule has 0 spiro atoms. The SMILES string of the molecule is Cc1nc(-c2ccn[nH]2)cc([C@H]2CCN(C(C)C)C2)n1. The molecular formula is C15H21N5. The molecule has 0 aromatic carbocycles. The highest BCUT2D eigenvalue weighted by Gasteiger charge is 2.27. The lowest BCUT2D eigenvalue weighted by molar-refractivity contribution is 0.272. The molecule has 20 heavy (non-hydrogen) atoms. The van der Waals surface area contributed by atoms with E-state index in [1.54, 1.807) is 6.20 Å². The molecule has 1 fully saturated rings. The molecule has 0 aliphatic carbocycles. The van der Waals surface area contributed by atoms with E-state index in [4.69, 9.17) is 0 Å². The van der Waals surface area contributed by atoms with Gasteiger partial charge in [-0.25, -0.2) is 9.97 Å². The molecule has 1 saturated heterocycles. The van der Waals surface area contributed by atoms with Gasteiger partial charge in [0.2, 0.25) is 0 Å². The second-order valence-electron chi connectivity index (χ2n) is 5.77. The molecule has 1 N–H and O–H groups in total. The lowest BCUT2D eigenvalue weighted by Crippen LogP contribution is -2.28. The number of hydrogen-bond acceptors (Lipinski definition) is 4. The van der Waals surface area contributed by atoms with Crippen LogP contribution in [0.1, 0.15) is 37.7 Å². The maximum atomic E-state index is 4.65. The molecule has 0 radical (unpaired) electrons. The Balaban J connectivity index is 1.87. The van der Waals surface area contributed by atoms with Crippen LogP contribution in [-0.4, -0.2) is 44.2 Å². The van der Waals surface area contributed by atoms with Gasteiger partial charge in [0.15, 0.2) is 0 Å². The van der Waals surface area contributed by atoms with Crippen molar-refractivity contribution in [3.63, 3.8) is 0 Å². The minimum absolute atomic E-state index is 0.515. The van der Waals surface area contributed by atoms with Crippen LogP contribution >= 0.6 is 0 Å². The van der Waals surface area contributed by atoms with Crippen LogP contribution in [0.4, 0.5) is 0 Å². The number of rotatable bonds is 3. The van der Waals surface area contributed by atoms with Gasteiger partial charge in [-0.15, -0.1) is 0 Å². The van der Waals surface area contributed by atoms with Gasteiger partial charge in [-0.05, 0) is 45.9 Å². The third-order valence-electron chi connectivity index (χ3n) is 4.00. The molecule has 3 heterocycles. The highest BCUT2D eigenvalue weighted by atomic mass is 15.2. The van der Waals surface area contributed by atoms with Crippen molar-refractivity contribution in [2.24, 2.45) is 0 Å². The topological polar surface area (TPSA) is 57.7 Å². The van der Waals surface area contributed by atoms with Crippen molar-refractivity contribution in [2.45, 2.75) is 39.2 Å². The Morgan fingerprint density at radius 3 is 2.85 bits per heavy atom. The van der Waals surface area contributed by atoms with E-state index in [2.05, 4.69) is 45.0 Å². The first kappa shape index (κ1) is 13.2. The summed E-state index contributed by atoms with van der Waals surface area (Å²) >= 11 is 0. The number of aromatic nitrogens is 4. The molecule has 1 atom stereocenters. The summed E-state index contributed by atoms with van der Waals surface area (Å²) in [5.74, 6) is 1.34. The number of aryl methyl sites for hydroxylation is 1. The second kappa shape index (κ2) is 5.32. The zero-order chi connectivity index (χ0) is 14.1. The normalized spacial score (nSPS) is 19.9. The Morgan fingerprint density at radius 2 is 2.20 bits per heavy atom. The molecule has 0 saturated carbocycles. The minimum atomic E-state index is 0.515. The van der Waals surface area contributed by atoms with E-state index in [0.29, 0.717) is 12.0 Å². The number of nitrogens with one attached hydrogen (secondary N) is 1. The van der Waals surface area contributed by atoms with Gasteiger partial charge in [0.1, 0.15) is 5.82 Å². The molecule has 106 valence electrons. The summed E-state index contributed by atoms with van der Waals surface area (Å²) < 4.78 is 0.